The lowest BCUT2D eigenvalue weighted by Gasteiger charge is -2.12. The van der Waals surface area contributed by atoms with Crippen molar-refractivity contribution in [2.45, 2.75) is 6.67 Å². The molecule has 0 saturated carbocycles. The minimum Gasteiger partial charge on any atom is -0.496 e. The standard InChI is InChI=1S/C11H14FNO3/c1-15-10-4-8(9(14)6-13)11(16-2)3-7(10)5-12/h3-4H,5-6,13H2,1-2H3. The monoisotopic (exact) mass is 227 g/mol. The molecule has 5 heteroatoms. The largest absolute Gasteiger partial charge is 0.496 e. The van der Waals surface area contributed by atoms with Crippen molar-refractivity contribution in [3.8, 4) is 11.5 Å². The van der Waals surface area contributed by atoms with Crippen molar-refractivity contribution in [3.63, 3.8) is 0 Å². The summed E-state index contributed by atoms with van der Waals surface area (Å²) in [4.78, 5) is 11.5. The van der Waals surface area contributed by atoms with Crippen LogP contribution in [0.5, 0.6) is 11.5 Å². The van der Waals surface area contributed by atoms with Gasteiger partial charge in [0, 0.05) is 5.56 Å². The smallest absolute Gasteiger partial charge is 0.180 e. The number of rotatable bonds is 5. The van der Waals surface area contributed by atoms with Crippen molar-refractivity contribution >= 4 is 5.78 Å². The Morgan fingerprint density at radius 2 is 1.94 bits per heavy atom. The van der Waals surface area contributed by atoms with E-state index in [2.05, 4.69) is 0 Å². The molecular formula is C11H14FNO3. The van der Waals surface area contributed by atoms with E-state index in [1.54, 1.807) is 0 Å². The quantitative estimate of drug-likeness (QED) is 0.770. The van der Waals surface area contributed by atoms with Crippen LogP contribution in [-0.4, -0.2) is 26.5 Å². The highest BCUT2D eigenvalue weighted by Crippen LogP contribution is 2.29. The van der Waals surface area contributed by atoms with Gasteiger partial charge in [0.2, 0.25) is 0 Å². The molecule has 1 rings (SSSR count). The molecule has 0 radical (unpaired) electrons. The molecule has 0 fully saturated rings. The molecule has 16 heavy (non-hydrogen) atoms. The van der Waals surface area contributed by atoms with Gasteiger partial charge >= 0.3 is 0 Å². The Kier molecular flexibility index (Phi) is 4.25. The molecule has 2 N–H and O–H groups in total. The fraction of sp³-hybridized carbons (Fsp3) is 0.364. The van der Waals surface area contributed by atoms with E-state index in [9.17, 15) is 9.18 Å². The highest BCUT2D eigenvalue weighted by Gasteiger charge is 2.15. The summed E-state index contributed by atoms with van der Waals surface area (Å²) in [6, 6.07) is 2.89. The third-order valence-corrected chi connectivity index (χ3v) is 2.23. The summed E-state index contributed by atoms with van der Waals surface area (Å²) in [5.74, 6) is 0.351. The average molecular weight is 227 g/mol. The Bertz CT molecular complexity index is 393. The molecule has 0 aliphatic carbocycles. The van der Waals surface area contributed by atoms with Gasteiger partial charge in [-0.25, -0.2) is 4.39 Å². The Labute approximate surface area is 93.2 Å². The fourth-order valence-corrected chi connectivity index (χ4v) is 1.39. The Hall–Kier alpha value is -1.62. The minimum atomic E-state index is -0.684. The summed E-state index contributed by atoms with van der Waals surface area (Å²) in [6.45, 7) is -0.814. The zero-order valence-corrected chi connectivity index (χ0v) is 9.25. The van der Waals surface area contributed by atoms with Crippen LogP contribution in [0.3, 0.4) is 0 Å². The third-order valence-electron chi connectivity index (χ3n) is 2.23. The number of hydrogen-bond acceptors (Lipinski definition) is 4. The number of nitrogens with two attached hydrogens (primary N) is 1. The van der Waals surface area contributed by atoms with E-state index in [4.69, 9.17) is 15.2 Å². The van der Waals surface area contributed by atoms with E-state index in [1.165, 1.54) is 26.4 Å². The summed E-state index contributed by atoms with van der Waals surface area (Å²) in [6.07, 6.45) is 0. The molecule has 4 nitrogen and oxygen atoms in total. The molecule has 0 heterocycles. The Morgan fingerprint density at radius 3 is 2.38 bits per heavy atom. The van der Waals surface area contributed by atoms with Crippen LogP contribution in [0.2, 0.25) is 0 Å². The van der Waals surface area contributed by atoms with Crippen LogP contribution in [0.15, 0.2) is 12.1 Å². The van der Waals surface area contributed by atoms with E-state index in [0.717, 1.165) is 0 Å². The van der Waals surface area contributed by atoms with Crippen LogP contribution in [-0.2, 0) is 6.67 Å². The maximum absolute atomic E-state index is 12.7. The highest BCUT2D eigenvalue weighted by atomic mass is 19.1. The van der Waals surface area contributed by atoms with E-state index in [0.29, 0.717) is 22.6 Å². The van der Waals surface area contributed by atoms with Crippen LogP contribution in [0.1, 0.15) is 15.9 Å². The number of carbonyl (C=O) groups is 1. The van der Waals surface area contributed by atoms with Gasteiger partial charge in [-0.3, -0.25) is 4.79 Å². The SMILES string of the molecule is COc1cc(C(=O)CN)c(OC)cc1CF. The molecule has 0 saturated heterocycles. The molecule has 0 amide bonds. The zero-order valence-electron chi connectivity index (χ0n) is 9.25. The summed E-state index contributed by atoms with van der Waals surface area (Å²) in [7, 11) is 2.83. The van der Waals surface area contributed by atoms with Crippen molar-refractivity contribution in [2.75, 3.05) is 20.8 Å². The van der Waals surface area contributed by atoms with Crippen molar-refractivity contribution < 1.29 is 18.7 Å². The van der Waals surface area contributed by atoms with Crippen molar-refractivity contribution in [1.29, 1.82) is 0 Å². The van der Waals surface area contributed by atoms with E-state index in [-0.39, 0.29) is 12.3 Å². The molecule has 0 aliphatic heterocycles. The number of ether oxygens (including phenoxy) is 2. The predicted molar refractivity (Wildman–Crippen MR) is 57.7 cm³/mol. The second kappa shape index (κ2) is 5.46. The first-order valence-corrected chi connectivity index (χ1v) is 4.72. The number of methoxy groups -OCH3 is 2. The third kappa shape index (κ3) is 2.30. The molecule has 0 aliphatic rings. The van der Waals surface area contributed by atoms with Gasteiger partial charge in [-0.1, -0.05) is 0 Å². The highest BCUT2D eigenvalue weighted by molar-refractivity contribution is 6.00. The van der Waals surface area contributed by atoms with Gasteiger partial charge in [0.1, 0.15) is 18.2 Å². The van der Waals surface area contributed by atoms with Crippen LogP contribution in [0.25, 0.3) is 0 Å². The topological polar surface area (TPSA) is 61.5 Å². The molecule has 88 valence electrons. The zero-order chi connectivity index (χ0) is 12.1. The van der Waals surface area contributed by atoms with Gasteiger partial charge in [0.15, 0.2) is 5.78 Å². The summed E-state index contributed by atoms with van der Waals surface area (Å²) < 4.78 is 22.7. The first-order valence-electron chi connectivity index (χ1n) is 4.72. The summed E-state index contributed by atoms with van der Waals surface area (Å²) in [5.41, 5.74) is 5.92. The maximum atomic E-state index is 12.7. The molecular weight excluding hydrogens is 213 g/mol. The van der Waals surface area contributed by atoms with E-state index < -0.39 is 6.67 Å². The first kappa shape index (κ1) is 12.4. The number of carbonyl (C=O) groups excluding carboxylic acids is 1. The lowest BCUT2D eigenvalue weighted by molar-refractivity contribution is 0.0998. The molecule has 1 aromatic rings. The Morgan fingerprint density at radius 1 is 1.31 bits per heavy atom. The second-order valence-corrected chi connectivity index (χ2v) is 3.13. The molecule has 0 unspecified atom stereocenters. The van der Waals surface area contributed by atoms with E-state index >= 15 is 0 Å². The lowest BCUT2D eigenvalue weighted by atomic mass is 10.1. The summed E-state index contributed by atoms with van der Waals surface area (Å²) >= 11 is 0. The van der Waals surface area contributed by atoms with Gasteiger partial charge in [-0.2, -0.15) is 0 Å². The van der Waals surface area contributed by atoms with Gasteiger partial charge in [0.05, 0.1) is 26.3 Å². The number of benzene rings is 1. The van der Waals surface area contributed by atoms with Gasteiger partial charge in [0.25, 0.3) is 0 Å². The summed E-state index contributed by atoms with van der Waals surface area (Å²) in [5, 5.41) is 0. The fourth-order valence-electron chi connectivity index (χ4n) is 1.39. The lowest BCUT2D eigenvalue weighted by Crippen LogP contribution is -2.15. The molecule has 0 aromatic heterocycles. The second-order valence-electron chi connectivity index (χ2n) is 3.13. The van der Waals surface area contributed by atoms with E-state index in [1.807, 2.05) is 0 Å². The molecule has 0 spiro atoms. The molecule has 0 atom stereocenters. The minimum absolute atomic E-state index is 0.130. The molecule has 0 bridgehead atoms. The van der Waals surface area contributed by atoms with Crippen LogP contribution in [0.4, 0.5) is 4.39 Å². The number of halogens is 1. The van der Waals surface area contributed by atoms with Crippen LogP contribution in [0, 0.1) is 0 Å². The Balaban J connectivity index is 3.31. The number of ketones is 1. The van der Waals surface area contributed by atoms with Gasteiger partial charge < -0.3 is 15.2 Å². The normalized spacial score (nSPS) is 10.0. The number of Topliss-reactive ketones (excluding diaryl/α,β-unsaturated/α-hetero) is 1. The first-order chi connectivity index (χ1) is 7.67. The van der Waals surface area contributed by atoms with Gasteiger partial charge in [-0.05, 0) is 12.1 Å². The van der Waals surface area contributed by atoms with Crippen LogP contribution < -0.4 is 15.2 Å². The van der Waals surface area contributed by atoms with Crippen molar-refractivity contribution in [3.05, 3.63) is 23.3 Å². The maximum Gasteiger partial charge on any atom is 0.180 e. The average Bonchev–Trinajstić information content (AvgIpc) is 2.35. The number of hydrogen-bond donors (Lipinski definition) is 1. The van der Waals surface area contributed by atoms with Crippen molar-refractivity contribution in [2.24, 2.45) is 5.73 Å². The molecule has 1 aromatic carbocycles. The predicted octanol–water partition coefficient (Wildman–Crippen LogP) is 1.31. The van der Waals surface area contributed by atoms with Crippen molar-refractivity contribution in [1.82, 2.24) is 0 Å². The number of alkyl halides is 1. The van der Waals surface area contributed by atoms with Crippen LogP contribution >= 0.6 is 0 Å². The van der Waals surface area contributed by atoms with Gasteiger partial charge in [-0.15, -0.1) is 0 Å².